The van der Waals surface area contributed by atoms with Crippen molar-refractivity contribution in [3.8, 4) is 0 Å². The van der Waals surface area contributed by atoms with E-state index in [9.17, 15) is 28.8 Å². The molecule has 0 aromatic heterocycles. The Morgan fingerprint density at radius 1 is 0.774 bits per heavy atom. The van der Waals surface area contributed by atoms with Gasteiger partial charge in [0.2, 0.25) is 5.91 Å². The number of carbonyl (C=O) groups excluding carboxylic acids is 5. The fourth-order valence-corrected chi connectivity index (χ4v) is 2.80. The number of carbonyl (C=O) groups is 6. The summed E-state index contributed by atoms with van der Waals surface area (Å²) in [4.78, 5) is 69.0. The Morgan fingerprint density at radius 3 is 1.77 bits per heavy atom. The van der Waals surface area contributed by atoms with E-state index in [4.69, 9.17) is 28.8 Å². The Hall–Kier alpha value is -3.22. The second-order valence-corrected chi connectivity index (χ2v) is 6.58. The summed E-state index contributed by atoms with van der Waals surface area (Å²) in [6.07, 6.45) is -7.76. The summed E-state index contributed by atoms with van der Waals surface area (Å²) in [6.45, 7) is 3.88. The van der Waals surface area contributed by atoms with Gasteiger partial charge in [0.25, 0.3) is 0 Å². The van der Waals surface area contributed by atoms with Crippen LogP contribution in [0.15, 0.2) is 0 Å². The number of hydrogen-bond donors (Lipinski definition) is 2. The largest absolute Gasteiger partial charge is 0.481 e. The van der Waals surface area contributed by atoms with E-state index in [2.05, 4.69) is 5.32 Å². The highest BCUT2D eigenvalue weighted by Crippen LogP contribution is 2.28. The van der Waals surface area contributed by atoms with Crippen molar-refractivity contribution >= 4 is 35.8 Å². The zero-order chi connectivity index (χ0) is 23.7. The van der Waals surface area contributed by atoms with E-state index in [1.54, 1.807) is 0 Å². The van der Waals surface area contributed by atoms with Gasteiger partial charge in [0, 0.05) is 34.1 Å². The van der Waals surface area contributed by atoms with E-state index in [1.807, 2.05) is 0 Å². The molecule has 0 aromatic rings. The molecule has 1 aliphatic rings. The molecular formula is C18H25NO12. The van der Waals surface area contributed by atoms with Crippen molar-refractivity contribution in [2.75, 3.05) is 6.61 Å². The lowest BCUT2D eigenvalue weighted by molar-refractivity contribution is -0.257. The van der Waals surface area contributed by atoms with Gasteiger partial charge in [0.1, 0.15) is 12.7 Å². The molecule has 0 spiro atoms. The second-order valence-electron chi connectivity index (χ2n) is 6.58. The molecule has 1 amide bonds. The predicted octanol–water partition coefficient (Wildman–Crippen LogP) is -0.949. The third-order valence-corrected chi connectivity index (χ3v) is 3.86. The molecule has 1 heterocycles. The van der Waals surface area contributed by atoms with Crippen molar-refractivity contribution in [1.29, 1.82) is 0 Å². The Balaban J connectivity index is 3.27. The molecule has 31 heavy (non-hydrogen) atoms. The predicted molar refractivity (Wildman–Crippen MR) is 97.0 cm³/mol. The van der Waals surface area contributed by atoms with E-state index in [0.717, 1.165) is 27.7 Å². The van der Waals surface area contributed by atoms with Gasteiger partial charge in [-0.3, -0.25) is 28.8 Å². The van der Waals surface area contributed by atoms with Crippen LogP contribution in [0.4, 0.5) is 0 Å². The number of carboxylic acid groups (broad SMARTS) is 1. The molecule has 1 saturated heterocycles. The standard InChI is InChI=1S/C18H25NO12/c1-8(20)27-7-12-15(28-9(2)21)16(29-10(3)22)17(30-11(4)23)18(31-12)19-13(24)5-6-14(25)26/h12,15-18H,5-7H2,1-4H3,(H,19,24)(H,25,26). The van der Waals surface area contributed by atoms with Crippen LogP contribution >= 0.6 is 0 Å². The van der Waals surface area contributed by atoms with Crippen molar-refractivity contribution in [3.05, 3.63) is 0 Å². The molecule has 5 atom stereocenters. The number of esters is 4. The number of rotatable bonds is 9. The first-order valence-electron chi connectivity index (χ1n) is 9.22. The first kappa shape index (κ1) is 25.8. The lowest BCUT2D eigenvalue weighted by Gasteiger charge is -2.44. The van der Waals surface area contributed by atoms with Gasteiger partial charge in [0.15, 0.2) is 24.5 Å². The number of aliphatic carboxylic acids is 1. The van der Waals surface area contributed by atoms with Crippen molar-refractivity contribution < 1.29 is 57.6 Å². The third kappa shape index (κ3) is 8.99. The van der Waals surface area contributed by atoms with Crippen LogP contribution < -0.4 is 5.32 Å². The summed E-state index contributed by atoms with van der Waals surface area (Å²) in [5, 5.41) is 11.1. The Bertz CT molecular complexity index is 720. The van der Waals surface area contributed by atoms with E-state index in [1.165, 1.54) is 0 Å². The molecule has 2 N–H and O–H groups in total. The van der Waals surface area contributed by atoms with Gasteiger partial charge in [-0.05, 0) is 0 Å². The van der Waals surface area contributed by atoms with Crippen molar-refractivity contribution in [1.82, 2.24) is 5.32 Å². The number of carboxylic acids is 1. The molecule has 0 aliphatic carbocycles. The maximum absolute atomic E-state index is 12.1. The normalized spacial score (nSPS) is 25.0. The molecule has 0 bridgehead atoms. The molecule has 13 nitrogen and oxygen atoms in total. The molecule has 5 unspecified atom stereocenters. The minimum atomic E-state index is -1.45. The van der Waals surface area contributed by atoms with Gasteiger partial charge >= 0.3 is 29.8 Å². The Kier molecular flexibility index (Phi) is 9.86. The molecule has 1 aliphatic heterocycles. The summed E-state index contributed by atoms with van der Waals surface area (Å²) in [6, 6.07) is 0. The van der Waals surface area contributed by atoms with Crippen LogP contribution in [-0.4, -0.2) is 78.1 Å². The van der Waals surface area contributed by atoms with Crippen LogP contribution in [0.5, 0.6) is 0 Å². The maximum atomic E-state index is 12.1. The van der Waals surface area contributed by atoms with Gasteiger partial charge in [0.05, 0.1) is 6.42 Å². The highest BCUT2D eigenvalue weighted by Gasteiger charge is 2.52. The smallest absolute Gasteiger partial charge is 0.303 e. The number of amides is 1. The Labute approximate surface area is 177 Å². The molecule has 1 fully saturated rings. The van der Waals surface area contributed by atoms with Gasteiger partial charge in [-0.1, -0.05) is 0 Å². The van der Waals surface area contributed by atoms with Crippen LogP contribution in [0.2, 0.25) is 0 Å². The molecule has 0 aromatic carbocycles. The molecular weight excluding hydrogens is 422 g/mol. The second kappa shape index (κ2) is 11.8. The highest BCUT2D eigenvalue weighted by atomic mass is 16.7. The van der Waals surface area contributed by atoms with Gasteiger partial charge in [-0.2, -0.15) is 0 Å². The zero-order valence-corrected chi connectivity index (χ0v) is 17.4. The lowest BCUT2D eigenvalue weighted by Crippen LogP contribution is -2.66. The molecule has 174 valence electrons. The fourth-order valence-electron chi connectivity index (χ4n) is 2.80. The number of ether oxygens (including phenoxy) is 5. The van der Waals surface area contributed by atoms with Crippen molar-refractivity contribution in [2.24, 2.45) is 0 Å². The van der Waals surface area contributed by atoms with E-state index in [0.29, 0.717) is 0 Å². The van der Waals surface area contributed by atoms with Gasteiger partial charge < -0.3 is 34.1 Å². The average molecular weight is 447 g/mol. The monoisotopic (exact) mass is 447 g/mol. The topological polar surface area (TPSA) is 181 Å². The number of hydrogen-bond acceptors (Lipinski definition) is 11. The minimum absolute atomic E-state index is 0.414. The Morgan fingerprint density at radius 2 is 1.29 bits per heavy atom. The highest BCUT2D eigenvalue weighted by molar-refractivity contribution is 5.80. The lowest BCUT2D eigenvalue weighted by atomic mass is 9.97. The summed E-state index contributed by atoms with van der Waals surface area (Å²) in [7, 11) is 0. The van der Waals surface area contributed by atoms with Gasteiger partial charge in [-0.25, -0.2) is 0 Å². The van der Waals surface area contributed by atoms with E-state index < -0.39 is 85.8 Å². The first-order chi connectivity index (χ1) is 14.4. The summed E-state index contributed by atoms with van der Waals surface area (Å²) in [5.74, 6) is -5.08. The zero-order valence-electron chi connectivity index (χ0n) is 17.4. The third-order valence-electron chi connectivity index (χ3n) is 3.86. The van der Waals surface area contributed by atoms with E-state index in [-0.39, 0.29) is 0 Å². The van der Waals surface area contributed by atoms with Gasteiger partial charge in [-0.15, -0.1) is 0 Å². The molecule has 1 rings (SSSR count). The molecule has 0 radical (unpaired) electrons. The summed E-state index contributed by atoms with van der Waals surface area (Å²) < 4.78 is 26.1. The molecule has 13 heteroatoms. The van der Waals surface area contributed by atoms with Crippen molar-refractivity contribution in [3.63, 3.8) is 0 Å². The average Bonchev–Trinajstić information content (AvgIpc) is 2.62. The molecule has 0 saturated carbocycles. The number of nitrogens with one attached hydrogen (secondary N) is 1. The van der Waals surface area contributed by atoms with Crippen LogP contribution in [0.1, 0.15) is 40.5 Å². The minimum Gasteiger partial charge on any atom is -0.481 e. The van der Waals surface area contributed by atoms with Crippen LogP contribution in [0.25, 0.3) is 0 Å². The SMILES string of the molecule is CC(=O)OCC1OC(NC(=O)CCC(=O)O)C(OC(C)=O)C(OC(C)=O)C1OC(C)=O. The van der Waals surface area contributed by atoms with Crippen LogP contribution in [0.3, 0.4) is 0 Å². The maximum Gasteiger partial charge on any atom is 0.303 e. The summed E-state index contributed by atoms with van der Waals surface area (Å²) >= 11 is 0. The first-order valence-corrected chi connectivity index (χ1v) is 9.22. The van der Waals surface area contributed by atoms with E-state index >= 15 is 0 Å². The summed E-state index contributed by atoms with van der Waals surface area (Å²) in [5.41, 5.74) is 0. The van der Waals surface area contributed by atoms with Crippen LogP contribution in [-0.2, 0) is 52.5 Å². The fraction of sp³-hybridized carbons (Fsp3) is 0.667. The van der Waals surface area contributed by atoms with Crippen molar-refractivity contribution in [2.45, 2.75) is 71.2 Å². The quantitative estimate of drug-likeness (QED) is 0.327. The van der Waals surface area contributed by atoms with Crippen LogP contribution in [0, 0.1) is 0 Å².